The Balaban J connectivity index is 1.58. The third-order valence-electron chi connectivity index (χ3n) is 6.10. The van der Waals surface area contributed by atoms with E-state index in [9.17, 15) is 4.79 Å². The van der Waals surface area contributed by atoms with Crippen molar-refractivity contribution in [2.75, 3.05) is 0 Å². The molecule has 2 aliphatic rings. The van der Waals surface area contributed by atoms with Crippen LogP contribution in [-0.2, 0) is 13.0 Å². The number of hydrogen-bond acceptors (Lipinski definition) is 3. The summed E-state index contributed by atoms with van der Waals surface area (Å²) in [6.45, 7) is 5.27. The van der Waals surface area contributed by atoms with Crippen molar-refractivity contribution in [1.82, 2.24) is 10.6 Å². The van der Waals surface area contributed by atoms with Gasteiger partial charge >= 0.3 is 0 Å². The smallest absolute Gasteiger partial charge is 0.187 e. The van der Waals surface area contributed by atoms with Crippen molar-refractivity contribution >= 4 is 11.5 Å². The van der Waals surface area contributed by atoms with Crippen LogP contribution in [0.15, 0.2) is 54.6 Å². The van der Waals surface area contributed by atoms with Crippen molar-refractivity contribution < 1.29 is 4.79 Å². The molecule has 0 atom stereocenters. The molecule has 29 heavy (non-hydrogen) atoms. The maximum absolute atomic E-state index is 12.8. The van der Waals surface area contributed by atoms with E-state index in [-0.39, 0.29) is 11.3 Å². The average Bonchev–Trinajstić information content (AvgIpc) is 2.73. The summed E-state index contributed by atoms with van der Waals surface area (Å²) in [5.41, 5.74) is 5.34. The predicted molar refractivity (Wildman–Crippen MR) is 120 cm³/mol. The number of benzene rings is 2. The lowest BCUT2D eigenvalue weighted by molar-refractivity contribution is 0.104. The lowest BCUT2D eigenvalue weighted by atomic mass is 9.84. The van der Waals surface area contributed by atoms with Gasteiger partial charge in [0, 0.05) is 41.0 Å². The van der Waals surface area contributed by atoms with E-state index < -0.39 is 0 Å². The number of hydrogen-bond donors (Lipinski definition) is 2. The van der Waals surface area contributed by atoms with Gasteiger partial charge in [0.2, 0.25) is 0 Å². The van der Waals surface area contributed by atoms with E-state index in [2.05, 4.69) is 42.7 Å². The molecule has 3 nitrogen and oxygen atoms in total. The first kappa shape index (κ1) is 19.9. The number of rotatable bonds is 5. The second-order valence-corrected chi connectivity index (χ2v) is 9.18. The molecule has 0 radical (unpaired) electrons. The number of carbonyl (C=O) groups excluding carboxylic acids is 1. The summed E-state index contributed by atoms with van der Waals surface area (Å²) in [5.74, 6) is 0.0440. The molecule has 0 bridgehead atoms. The van der Waals surface area contributed by atoms with E-state index in [4.69, 9.17) is 0 Å². The molecule has 0 unspecified atom stereocenters. The Morgan fingerprint density at radius 3 is 2.62 bits per heavy atom. The molecule has 152 valence electrons. The zero-order valence-electron chi connectivity index (χ0n) is 17.6. The quantitative estimate of drug-likeness (QED) is 0.542. The normalized spacial score (nSPS) is 20.1. The van der Waals surface area contributed by atoms with Gasteiger partial charge in [-0.05, 0) is 50.3 Å². The minimum absolute atomic E-state index is 0.0440. The molecule has 1 aliphatic heterocycles. The number of allylic oxidation sites excluding steroid dienone is 1. The summed E-state index contributed by atoms with van der Waals surface area (Å²) in [6, 6.07) is 16.9. The molecular weight excluding hydrogens is 356 g/mol. The summed E-state index contributed by atoms with van der Waals surface area (Å²) in [6.07, 6.45) is 9.37. The third-order valence-corrected chi connectivity index (χ3v) is 6.10. The fourth-order valence-corrected chi connectivity index (χ4v) is 4.59. The van der Waals surface area contributed by atoms with Crippen LogP contribution < -0.4 is 10.6 Å². The summed E-state index contributed by atoms with van der Waals surface area (Å²) in [4.78, 5) is 12.8. The Kier molecular flexibility index (Phi) is 5.86. The number of nitrogens with one attached hydrogen (secondary N) is 2. The molecule has 2 aromatic carbocycles. The first-order valence-electron chi connectivity index (χ1n) is 10.9. The fourth-order valence-electron chi connectivity index (χ4n) is 4.59. The van der Waals surface area contributed by atoms with Gasteiger partial charge in [-0.1, -0.05) is 61.7 Å². The van der Waals surface area contributed by atoms with Gasteiger partial charge in [-0.3, -0.25) is 4.79 Å². The second kappa shape index (κ2) is 8.54. The van der Waals surface area contributed by atoms with Crippen LogP contribution in [0.4, 0.5) is 0 Å². The molecule has 1 heterocycles. The maximum atomic E-state index is 12.8. The molecule has 0 saturated heterocycles. The predicted octanol–water partition coefficient (Wildman–Crippen LogP) is 5.26. The molecular formula is C26H32N2O. The Hall–Kier alpha value is -2.39. The number of carbonyl (C=O) groups is 1. The first-order valence-corrected chi connectivity index (χ1v) is 10.9. The lowest BCUT2D eigenvalue weighted by Gasteiger charge is -2.36. The van der Waals surface area contributed by atoms with Gasteiger partial charge < -0.3 is 10.6 Å². The lowest BCUT2D eigenvalue weighted by Crippen LogP contribution is -2.44. The molecule has 0 spiro atoms. The second-order valence-electron chi connectivity index (χ2n) is 9.18. The summed E-state index contributed by atoms with van der Waals surface area (Å²) < 4.78 is 0. The molecule has 3 heteroatoms. The van der Waals surface area contributed by atoms with Gasteiger partial charge in [0.15, 0.2) is 5.78 Å². The Morgan fingerprint density at radius 1 is 1.10 bits per heavy atom. The summed E-state index contributed by atoms with van der Waals surface area (Å²) in [7, 11) is 0. The van der Waals surface area contributed by atoms with Gasteiger partial charge in [0.25, 0.3) is 0 Å². The minimum Gasteiger partial charge on any atom is -0.379 e. The van der Waals surface area contributed by atoms with E-state index in [0.29, 0.717) is 6.04 Å². The van der Waals surface area contributed by atoms with Gasteiger partial charge in [-0.2, -0.15) is 0 Å². The zero-order chi connectivity index (χ0) is 20.3. The van der Waals surface area contributed by atoms with E-state index >= 15 is 0 Å². The molecule has 0 aromatic heterocycles. The van der Waals surface area contributed by atoms with Crippen LogP contribution in [-0.4, -0.2) is 17.4 Å². The fraction of sp³-hybridized carbons (Fsp3) is 0.423. The van der Waals surface area contributed by atoms with Crippen LogP contribution in [0.25, 0.3) is 5.70 Å². The standard InChI is InChI=1S/C26H32N2O/c1-26(2)17-21-14-13-19(18-27-22-11-7-4-8-12-22)15-23(21)24(28-26)16-25(29)20-9-5-3-6-10-20/h3,5-6,9-10,13-16,22,27-28H,4,7-8,11-12,17-18H2,1-2H3/b24-16-. The molecule has 0 amide bonds. The average molecular weight is 389 g/mol. The summed E-state index contributed by atoms with van der Waals surface area (Å²) in [5, 5.41) is 7.34. The van der Waals surface area contributed by atoms with E-state index in [1.807, 2.05) is 30.3 Å². The largest absolute Gasteiger partial charge is 0.379 e. The van der Waals surface area contributed by atoms with Crippen LogP contribution >= 0.6 is 0 Å². The topological polar surface area (TPSA) is 41.1 Å². The van der Waals surface area contributed by atoms with Crippen LogP contribution in [0.5, 0.6) is 0 Å². The molecule has 1 aliphatic carbocycles. The number of ketones is 1. The Bertz CT molecular complexity index is 892. The van der Waals surface area contributed by atoms with Crippen molar-refractivity contribution in [3.05, 3.63) is 76.9 Å². The highest BCUT2D eigenvalue weighted by molar-refractivity contribution is 6.08. The van der Waals surface area contributed by atoms with Crippen LogP contribution in [0, 0.1) is 0 Å². The van der Waals surface area contributed by atoms with Crippen LogP contribution in [0.1, 0.15) is 73.0 Å². The highest BCUT2D eigenvalue weighted by atomic mass is 16.1. The van der Waals surface area contributed by atoms with Crippen molar-refractivity contribution in [2.24, 2.45) is 0 Å². The molecule has 4 rings (SSSR count). The SMILES string of the molecule is CC1(C)Cc2ccc(CNC3CCCCC3)cc2/C(=C/C(=O)c2ccccc2)N1. The van der Waals surface area contributed by atoms with Crippen molar-refractivity contribution in [3.8, 4) is 0 Å². The van der Waals surface area contributed by atoms with E-state index in [0.717, 1.165) is 29.8 Å². The third kappa shape index (κ3) is 4.97. The van der Waals surface area contributed by atoms with Gasteiger partial charge in [-0.25, -0.2) is 0 Å². The van der Waals surface area contributed by atoms with Crippen LogP contribution in [0.3, 0.4) is 0 Å². The van der Waals surface area contributed by atoms with Gasteiger partial charge in [0.1, 0.15) is 0 Å². The van der Waals surface area contributed by atoms with Crippen molar-refractivity contribution in [2.45, 2.75) is 70.5 Å². The van der Waals surface area contributed by atoms with Gasteiger partial charge in [0.05, 0.1) is 0 Å². The number of fused-ring (bicyclic) bond motifs is 1. The highest BCUT2D eigenvalue weighted by Gasteiger charge is 2.28. The van der Waals surface area contributed by atoms with Gasteiger partial charge in [-0.15, -0.1) is 0 Å². The zero-order valence-corrected chi connectivity index (χ0v) is 17.6. The van der Waals surface area contributed by atoms with E-state index in [1.54, 1.807) is 6.08 Å². The molecule has 2 N–H and O–H groups in total. The van der Waals surface area contributed by atoms with Crippen molar-refractivity contribution in [3.63, 3.8) is 0 Å². The van der Waals surface area contributed by atoms with E-state index in [1.165, 1.54) is 43.2 Å². The Morgan fingerprint density at radius 2 is 1.86 bits per heavy atom. The summed E-state index contributed by atoms with van der Waals surface area (Å²) >= 11 is 0. The van der Waals surface area contributed by atoms with Crippen molar-refractivity contribution in [1.29, 1.82) is 0 Å². The monoisotopic (exact) mass is 388 g/mol. The maximum Gasteiger partial charge on any atom is 0.187 e. The first-order chi connectivity index (χ1) is 14.0. The van der Waals surface area contributed by atoms with Crippen LogP contribution in [0.2, 0.25) is 0 Å². The molecule has 2 aromatic rings. The Labute approximate surface area is 174 Å². The molecule has 1 saturated carbocycles. The molecule has 1 fully saturated rings. The highest BCUT2D eigenvalue weighted by Crippen LogP contribution is 2.31. The minimum atomic E-state index is -0.0718.